The van der Waals surface area contributed by atoms with Crippen LogP contribution in [0.5, 0.6) is 17.2 Å². The Hall–Kier alpha value is -2.86. The van der Waals surface area contributed by atoms with Crippen molar-refractivity contribution >= 4 is 0 Å². The Bertz CT molecular complexity index is 1000. The lowest BCUT2D eigenvalue weighted by molar-refractivity contribution is -0.290. The highest BCUT2D eigenvalue weighted by atomic mass is 19.3. The Morgan fingerprint density at radius 1 is 1.15 bits per heavy atom. The van der Waals surface area contributed by atoms with Gasteiger partial charge in [-0.25, -0.2) is 4.39 Å². The summed E-state index contributed by atoms with van der Waals surface area (Å²) in [6, 6.07) is 6.49. The van der Waals surface area contributed by atoms with Crippen LogP contribution in [0.3, 0.4) is 0 Å². The van der Waals surface area contributed by atoms with Crippen LogP contribution in [-0.4, -0.2) is 17.6 Å². The third-order valence-corrected chi connectivity index (χ3v) is 4.73. The van der Waals surface area contributed by atoms with Gasteiger partial charge in [-0.15, -0.1) is 0 Å². The zero-order valence-electron chi connectivity index (χ0n) is 13.4. The van der Waals surface area contributed by atoms with Crippen LogP contribution in [0.2, 0.25) is 0 Å². The molecule has 0 spiro atoms. The molecule has 0 saturated carbocycles. The molecule has 4 rings (SSSR count). The zero-order chi connectivity index (χ0) is 19.6. The highest BCUT2D eigenvalue weighted by Gasteiger charge is 2.77. The summed E-state index contributed by atoms with van der Waals surface area (Å²) in [6.07, 6.45) is -0.725. The van der Waals surface area contributed by atoms with Crippen molar-refractivity contribution in [3.63, 3.8) is 0 Å². The lowest BCUT2D eigenvalue weighted by Gasteiger charge is -2.35. The zero-order valence-corrected chi connectivity index (χ0v) is 13.4. The fourth-order valence-electron chi connectivity index (χ4n) is 3.44. The van der Waals surface area contributed by atoms with Crippen molar-refractivity contribution in [2.45, 2.75) is 23.9 Å². The molecule has 27 heavy (non-hydrogen) atoms. The van der Waals surface area contributed by atoms with E-state index in [2.05, 4.69) is 0 Å². The maximum atomic E-state index is 14.3. The number of alkyl halides is 4. The maximum Gasteiger partial charge on any atom is 0.346 e. The average molecular weight is 383 g/mol. The van der Waals surface area contributed by atoms with Gasteiger partial charge in [-0.05, 0) is 24.3 Å². The summed E-state index contributed by atoms with van der Waals surface area (Å²) < 4.78 is 81.3. The number of aliphatic hydroxyl groups is 1. The van der Waals surface area contributed by atoms with E-state index in [1.165, 1.54) is 6.07 Å². The van der Waals surface area contributed by atoms with Gasteiger partial charge < -0.3 is 14.6 Å². The van der Waals surface area contributed by atoms with Gasteiger partial charge in [0.1, 0.15) is 11.6 Å². The first-order valence-electron chi connectivity index (χ1n) is 7.79. The molecule has 1 atom stereocenters. The molecule has 0 amide bonds. The van der Waals surface area contributed by atoms with E-state index in [9.17, 15) is 27.1 Å². The van der Waals surface area contributed by atoms with Crippen molar-refractivity contribution in [1.82, 2.24) is 0 Å². The normalized spacial score (nSPS) is 23.9. The second-order valence-corrected chi connectivity index (χ2v) is 6.31. The van der Waals surface area contributed by atoms with Gasteiger partial charge in [-0.1, -0.05) is 0 Å². The SMILES string of the molecule is N#Cc1cc(F)cc(Oc2ccc3c4c2OCCC4(O)C(F)(F)C3(F)F)c1. The molecule has 140 valence electrons. The van der Waals surface area contributed by atoms with Gasteiger partial charge in [0.15, 0.2) is 17.1 Å². The molecule has 1 aliphatic carbocycles. The monoisotopic (exact) mass is 383 g/mol. The first-order valence-corrected chi connectivity index (χ1v) is 7.79. The number of hydrogen-bond donors (Lipinski definition) is 1. The van der Waals surface area contributed by atoms with Crippen molar-refractivity contribution in [2.24, 2.45) is 0 Å². The van der Waals surface area contributed by atoms with Gasteiger partial charge in [-0.2, -0.15) is 22.8 Å². The third kappa shape index (κ3) is 2.16. The molecule has 0 fully saturated rings. The van der Waals surface area contributed by atoms with Crippen molar-refractivity contribution in [2.75, 3.05) is 6.61 Å². The number of hydrogen-bond acceptors (Lipinski definition) is 4. The summed E-state index contributed by atoms with van der Waals surface area (Å²) in [4.78, 5) is 0. The van der Waals surface area contributed by atoms with Crippen LogP contribution in [0.1, 0.15) is 23.1 Å². The molecule has 0 saturated heterocycles. The van der Waals surface area contributed by atoms with Crippen LogP contribution in [-0.2, 0) is 11.5 Å². The minimum absolute atomic E-state index is 0.0599. The van der Waals surface area contributed by atoms with E-state index in [4.69, 9.17) is 14.7 Å². The van der Waals surface area contributed by atoms with E-state index in [0.29, 0.717) is 0 Å². The highest BCUT2D eigenvalue weighted by Crippen LogP contribution is 2.66. The van der Waals surface area contributed by atoms with Crippen LogP contribution in [0.25, 0.3) is 0 Å². The number of nitriles is 1. The number of nitrogens with zero attached hydrogens (tertiary/aromatic N) is 1. The molecule has 1 unspecified atom stereocenters. The van der Waals surface area contributed by atoms with Crippen molar-refractivity contribution in [3.8, 4) is 23.3 Å². The molecule has 0 aromatic heterocycles. The van der Waals surface area contributed by atoms with Crippen molar-refractivity contribution in [3.05, 3.63) is 52.8 Å². The fraction of sp³-hybridized carbons (Fsp3) is 0.278. The van der Waals surface area contributed by atoms with Crippen LogP contribution in [0.15, 0.2) is 30.3 Å². The van der Waals surface area contributed by atoms with Crippen LogP contribution < -0.4 is 9.47 Å². The molecule has 0 bridgehead atoms. The van der Waals surface area contributed by atoms with Crippen molar-refractivity contribution in [1.29, 1.82) is 5.26 Å². The summed E-state index contributed by atoms with van der Waals surface area (Å²) in [5.74, 6) is -11.0. The molecule has 1 N–H and O–H groups in total. The molecule has 2 aliphatic rings. The van der Waals surface area contributed by atoms with E-state index >= 15 is 0 Å². The standard InChI is InChI=1S/C18H10F5NO3/c19-10-5-9(8-24)6-11(7-10)27-13-2-1-12-14-15(13)26-4-3-16(14,25)18(22,23)17(12,20)21/h1-2,5-7,25H,3-4H2. The van der Waals surface area contributed by atoms with E-state index in [1.54, 1.807) is 6.07 Å². The molecule has 9 heteroatoms. The van der Waals surface area contributed by atoms with Gasteiger partial charge in [0.25, 0.3) is 0 Å². The number of ether oxygens (including phenoxy) is 2. The Morgan fingerprint density at radius 3 is 2.59 bits per heavy atom. The van der Waals surface area contributed by atoms with E-state index in [1.807, 2.05) is 0 Å². The lowest BCUT2D eigenvalue weighted by Crippen LogP contribution is -2.50. The summed E-state index contributed by atoms with van der Waals surface area (Å²) >= 11 is 0. The first kappa shape index (κ1) is 17.5. The fourth-order valence-corrected chi connectivity index (χ4v) is 3.44. The molecule has 0 radical (unpaired) electrons. The molecular formula is C18H10F5NO3. The summed E-state index contributed by atoms with van der Waals surface area (Å²) in [5, 5.41) is 19.3. The largest absolute Gasteiger partial charge is 0.489 e. The van der Waals surface area contributed by atoms with E-state index < -0.39 is 53.2 Å². The maximum absolute atomic E-state index is 14.3. The quantitative estimate of drug-likeness (QED) is 0.790. The predicted octanol–water partition coefficient (Wildman–Crippen LogP) is 4.20. The summed E-state index contributed by atoms with van der Waals surface area (Å²) in [6.45, 7) is -0.443. The smallest absolute Gasteiger partial charge is 0.346 e. The van der Waals surface area contributed by atoms with Gasteiger partial charge >= 0.3 is 11.8 Å². The molecule has 2 aromatic rings. The van der Waals surface area contributed by atoms with Gasteiger partial charge in [0, 0.05) is 23.6 Å². The lowest BCUT2D eigenvalue weighted by atomic mass is 9.87. The molecule has 1 heterocycles. The first-order chi connectivity index (χ1) is 12.6. The van der Waals surface area contributed by atoms with E-state index in [-0.39, 0.29) is 17.1 Å². The molecule has 4 nitrogen and oxygen atoms in total. The van der Waals surface area contributed by atoms with Gasteiger partial charge in [-0.3, -0.25) is 0 Å². The van der Waals surface area contributed by atoms with Crippen molar-refractivity contribution < 1.29 is 36.5 Å². The number of benzene rings is 2. The van der Waals surface area contributed by atoms with E-state index in [0.717, 1.165) is 24.3 Å². The Kier molecular flexibility index (Phi) is 3.46. The summed E-state index contributed by atoms with van der Waals surface area (Å²) in [5.41, 5.74) is -4.96. The number of halogens is 5. The third-order valence-electron chi connectivity index (χ3n) is 4.73. The molecule has 1 aliphatic heterocycles. The van der Waals surface area contributed by atoms with Crippen LogP contribution >= 0.6 is 0 Å². The molecule has 2 aromatic carbocycles. The second kappa shape index (κ2) is 5.33. The van der Waals surface area contributed by atoms with Gasteiger partial charge in [0.2, 0.25) is 0 Å². The topological polar surface area (TPSA) is 62.5 Å². The van der Waals surface area contributed by atoms with Crippen LogP contribution in [0.4, 0.5) is 22.0 Å². The Balaban J connectivity index is 1.87. The minimum atomic E-state index is -4.73. The summed E-state index contributed by atoms with van der Waals surface area (Å²) in [7, 11) is 0. The van der Waals surface area contributed by atoms with Gasteiger partial charge in [0.05, 0.1) is 18.2 Å². The average Bonchev–Trinajstić information content (AvgIpc) is 2.72. The minimum Gasteiger partial charge on any atom is -0.489 e. The number of rotatable bonds is 2. The Labute approximate surface area is 149 Å². The van der Waals surface area contributed by atoms with Crippen LogP contribution in [0, 0.1) is 17.1 Å². The molecular weight excluding hydrogens is 373 g/mol. The Morgan fingerprint density at radius 2 is 1.89 bits per heavy atom. The second-order valence-electron chi connectivity index (χ2n) is 6.31. The highest BCUT2D eigenvalue weighted by molar-refractivity contribution is 5.61. The predicted molar refractivity (Wildman–Crippen MR) is 80.5 cm³/mol.